The fraction of sp³-hybridized carbons (Fsp3) is 0.282. The average Bonchev–Trinajstić information content (AvgIpc) is 3.55. The van der Waals surface area contributed by atoms with Gasteiger partial charge in [-0.2, -0.15) is 10.5 Å². The summed E-state index contributed by atoms with van der Waals surface area (Å²) in [6.45, 7) is 11.4. The lowest BCUT2D eigenvalue weighted by Gasteiger charge is -2.24. The van der Waals surface area contributed by atoms with Crippen LogP contribution >= 0.6 is 0 Å². The first-order valence-electron chi connectivity index (χ1n) is 16.3. The second-order valence-corrected chi connectivity index (χ2v) is 18.5. The van der Waals surface area contributed by atoms with Crippen molar-refractivity contribution < 1.29 is 36.3 Å². The van der Waals surface area contributed by atoms with E-state index < -0.39 is 48.7 Å². The maximum Gasteiger partial charge on any atom is 0.259 e. The van der Waals surface area contributed by atoms with Crippen LogP contribution in [0.1, 0.15) is 84.5 Å². The number of sulfone groups is 2. The highest BCUT2D eigenvalue weighted by atomic mass is 32.2. The fourth-order valence-corrected chi connectivity index (χ4v) is 9.22. The number of carbonyl (C=O) groups is 2. The zero-order chi connectivity index (χ0) is 39.3. The Morgan fingerprint density at radius 3 is 1.47 bits per heavy atom. The van der Waals surface area contributed by atoms with Gasteiger partial charge in [-0.15, -0.1) is 0 Å². The van der Waals surface area contributed by atoms with Crippen LogP contribution in [-0.2, 0) is 30.5 Å². The predicted molar refractivity (Wildman–Crippen MR) is 199 cm³/mol. The van der Waals surface area contributed by atoms with Crippen LogP contribution in [-0.4, -0.2) is 52.6 Å². The maximum atomic E-state index is 13.2. The molecule has 2 amide bonds. The molecule has 0 saturated heterocycles. The summed E-state index contributed by atoms with van der Waals surface area (Å²) in [5.74, 6) is -1.58. The number of rotatable bonds is 3. The van der Waals surface area contributed by atoms with Gasteiger partial charge in [0.15, 0.2) is 19.7 Å². The van der Waals surface area contributed by atoms with E-state index in [1.165, 1.54) is 47.2 Å². The number of methoxy groups -OCH3 is 1. The van der Waals surface area contributed by atoms with E-state index in [0.717, 1.165) is 0 Å². The zero-order valence-electron chi connectivity index (χ0n) is 30.3. The standard InChI is InChI=1S/C20H20N2O4S.C19H18N2O4S/c1-20(2,3)15-10-13(9-14(11-21)18(15)26-4)19(23)22-12-27(24,25)17-8-6-5-7-16(17)22;1-19(2,3)14-9-12(8-13(10-20)17(14)22)18(23)21-11-26(24,25)16-7-5-4-6-15(16)21/h5-10H,12H2,1-4H3;4-9,22H,11H2,1-3H3. The second-order valence-electron chi connectivity index (χ2n) is 14.6. The molecule has 6 rings (SSSR count). The molecule has 1 N–H and O–H groups in total. The van der Waals surface area contributed by atoms with Crippen LogP contribution < -0.4 is 14.5 Å². The number of fused-ring (bicyclic) bond motifs is 2. The minimum atomic E-state index is -3.58. The van der Waals surface area contributed by atoms with Crippen molar-refractivity contribution in [3.8, 4) is 23.6 Å². The number of ether oxygens (including phenoxy) is 1. The smallest absolute Gasteiger partial charge is 0.259 e. The molecule has 0 atom stereocenters. The maximum absolute atomic E-state index is 13.2. The monoisotopic (exact) mass is 754 g/mol. The van der Waals surface area contributed by atoms with Crippen molar-refractivity contribution in [2.24, 2.45) is 0 Å². The molecule has 2 aliphatic heterocycles. The molecule has 0 aliphatic carbocycles. The summed E-state index contributed by atoms with van der Waals surface area (Å²) in [5.41, 5.74) is 1.61. The van der Waals surface area contributed by atoms with Crippen LogP contribution in [0, 0.1) is 22.7 Å². The number of aromatic hydroxyl groups is 1. The summed E-state index contributed by atoms with van der Waals surface area (Å²) in [7, 11) is -5.66. The molecule has 53 heavy (non-hydrogen) atoms. The summed E-state index contributed by atoms with van der Waals surface area (Å²) in [5, 5.41) is 29.1. The number of hydrogen-bond acceptors (Lipinski definition) is 10. The molecule has 0 saturated carbocycles. The van der Waals surface area contributed by atoms with Crippen LogP contribution in [0.15, 0.2) is 82.6 Å². The minimum absolute atomic E-state index is 0.0175. The average molecular weight is 755 g/mol. The minimum Gasteiger partial charge on any atom is -0.506 e. The van der Waals surface area contributed by atoms with Gasteiger partial charge in [0.1, 0.15) is 35.4 Å². The van der Waals surface area contributed by atoms with E-state index in [4.69, 9.17) is 4.74 Å². The van der Waals surface area contributed by atoms with Gasteiger partial charge in [-0.3, -0.25) is 19.4 Å². The number of benzene rings is 4. The normalized spacial score (nSPS) is 15.3. The summed E-state index contributed by atoms with van der Waals surface area (Å²) < 4.78 is 54.8. The highest BCUT2D eigenvalue weighted by Crippen LogP contribution is 2.40. The largest absolute Gasteiger partial charge is 0.506 e. The number of amides is 2. The Morgan fingerprint density at radius 1 is 0.679 bits per heavy atom. The first kappa shape index (κ1) is 38.5. The van der Waals surface area contributed by atoms with Crippen molar-refractivity contribution in [2.45, 2.75) is 62.2 Å². The second kappa shape index (κ2) is 13.7. The van der Waals surface area contributed by atoms with Crippen LogP contribution in [0.4, 0.5) is 11.4 Å². The van der Waals surface area contributed by atoms with Gasteiger partial charge in [0, 0.05) is 22.3 Å². The molecule has 274 valence electrons. The van der Waals surface area contributed by atoms with Crippen molar-refractivity contribution in [1.82, 2.24) is 0 Å². The van der Waals surface area contributed by atoms with Crippen molar-refractivity contribution in [2.75, 3.05) is 28.7 Å². The fourth-order valence-electron chi connectivity index (χ4n) is 6.18. The Morgan fingerprint density at radius 2 is 1.08 bits per heavy atom. The first-order chi connectivity index (χ1) is 24.7. The van der Waals surface area contributed by atoms with E-state index in [1.807, 2.05) is 47.6 Å². The number of hydrogen-bond donors (Lipinski definition) is 1. The molecule has 4 aromatic carbocycles. The summed E-state index contributed by atoms with van der Waals surface area (Å²) in [6, 6.07) is 22.6. The number of nitrogens with zero attached hydrogens (tertiary/aromatic N) is 4. The molecule has 0 fully saturated rings. The predicted octanol–water partition coefficient (Wildman–Crippen LogP) is 6.21. The molecule has 2 heterocycles. The number of anilines is 2. The van der Waals surface area contributed by atoms with E-state index >= 15 is 0 Å². The van der Waals surface area contributed by atoms with E-state index in [1.54, 1.807) is 42.5 Å². The molecule has 4 aromatic rings. The van der Waals surface area contributed by atoms with Crippen LogP contribution in [0.25, 0.3) is 0 Å². The Labute approximate surface area is 309 Å². The summed E-state index contributed by atoms with van der Waals surface area (Å²) in [4.78, 5) is 28.9. The number of phenolic OH excluding ortho intramolecular Hbond substituents is 1. The van der Waals surface area contributed by atoms with Crippen LogP contribution in [0.2, 0.25) is 0 Å². The third-order valence-electron chi connectivity index (χ3n) is 8.82. The lowest BCUT2D eigenvalue weighted by molar-refractivity contribution is 0.0983. The SMILES string of the molecule is CC(C)(C)c1cc(C(=O)N2CS(=O)(=O)c3ccccc32)cc(C#N)c1O.COc1c(C#N)cc(C(=O)N2CS(=O)(=O)c3ccccc32)cc1C(C)(C)C. The summed E-state index contributed by atoms with van der Waals surface area (Å²) in [6.07, 6.45) is 0. The Hall–Kier alpha value is -5.70. The lowest BCUT2D eigenvalue weighted by atomic mass is 9.84. The van der Waals surface area contributed by atoms with Gasteiger partial charge in [0.25, 0.3) is 11.8 Å². The zero-order valence-corrected chi connectivity index (χ0v) is 31.9. The van der Waals surface area contributed by atoms with Gasteiger partial charge < -0.3 is 9.84 Å². The molecule has 0 aromatic heterocycles. The van der Waals surface area contributed by atoms with Crippen LogP contribution in [0.3, 0.4) is 0 Å². The van der Waals surface area contributed by atoms with Crippen LogP contribution in [0.5, 0.6) is 11.5 Å². The van der Waals surface area contributed by atoms with Crippen molar-refractivity contribution in [3.05, 3.63) is 106 Å². The van der Waals surface area contributed by atoms with Crippen molar-refractivity contribution in [3.63, 3.8) is 0 Å². The number of phenols is 1. The number of para-hydroxylation sites is 2. The molecule has 14 heteroatoms. The molecule has 0 spiro atoms. The summed E-state index contributed by atoms with van der Waals surface area (Å²) >= 11 is 0. The van der Waals surface area contributed by atoms with Gasteiger partial charge >= 0.3 is 0 Å². The highest BCUT2D eigenvalue weighted by Gasteiger charge is 2.38. The Balaban J connectivity index is 0.000000204. The molecule has 12 nitrogen and oxygen atoms in total. The molecule has 2 aliphatic rings. The lowest BCUT2D eigenvalue weighted by Crippen LogP contribution is -2.31. The highest BCUT2D eigenvalue weighted by molar-refractivity contribution is 7.92. The third kappa shape index (κ3) is 7.20. The Bertz CT molecular complexity index is 2480. The molecule has 0 unspecified atom stereocenters. The first-order valence-corrected chi connectivity index (χ1v) is 19.6. The van der Waals surface area contributed by atoms with Gasteiger partial charge in [-0.05, 0) is 59.4 Å². The topological polar surface area (TPSA) is 186 Å². The Kier molecular flexibility index (Phi) is 9.95. The molecule has 0 bridgehead atoms. The van der Waals surface area contributed by atoms with Gasteiger partial charge in [-0.25, -0.2) is 16.8 Å². The number of carbonyl (C=O) groups excluding carboxylic acids is 2. The van der Waals surface area contributed by atoms with E-state index in [9.17, 15) is 42.1 Å². The van der Waals surface area contributed by atoms with Gasteiger partial charge in [0.05, 0.1) is 39.4 Å². The molecular formula is C39H38N4O8S2. The van der Waals surface area contributed by atoms with E-state index in [-0.39, 0.29) is 43.2 Å². The third-order valence-corrected chi connectivity index (χ3v) is 12.1. The molecule has 0 radical (unpaired) electrons. The van der Waals surface area contributed by atoms with Crippen molar-refractivity contribution >= 4 is 42.9 Å². The van der Waals surface area contributed by atoms with Gasteiger partial charge in [0.2, 0.25) is 0 Å². The number of nitriles is 2. The molecular weight excluding hydrogens is 717 g/mol. The van der Waals surface area contributed by atoms with E-state index in [0.29, 0.717) is 28.3 Å². The van der Waals surface area contributed by atoms with Gasteiger partial charge in [-0.1, -0.05) is 65.8 Å². The van der Waals surface area contributed by atoms with Crippen molar-refractivity contribution in [1.29, 1.82) is 10.5 Å². The van der Waals surface area contributed by atoms with E-state index in [2.05, 4.69) is 6.07 Å². The quantitative estimate of drug-likeness (QED) is 0.252.